The summed E-state index contributed by atoms with van der Waals surface area (Å²) < 4.78 is 10.4. The number of anilines is 2. The predicted octanol–water partition coefficient (Wildman–Crippen LogP) is 1.46. The molecule has 1 aliphatic rings. The molecule has 0 aromatic carbocycles. The fraction of sp³-hybridized carbons (Fsp3) is 0.571. The van der Waals surface area contributed by atoms with Crippen LogP contribution in [0.2, 0.25) is 0 Å². The fourth-order valence-electron chi connectivity index (χ4n) is 2.38. The Hall–Kier alpha value is -1.82. The van der Waals surface area contributed by atoms with E-state index < -0.39 is 5.97 Å². The van der Waals surface area contributed by atoms with E-state index in [2.05, 4.69) is 4.98 Å². The van der Waals surface area contributed by atoms with Crippen molar-refractivity contribution < 1.29 is 14.3 Å². The zero-order valence-electron chi connectivity index (χ0n) is 12.0. The SMILES string of the molecule is CCOC(=O)c1ccnc(N(C)C2CCOCC2)c1N. The number of carbonyl (C=O) groups is 1. The van der Waals surface area contributed by atoms with Gasteiger partial charge in [0.2, 0.25) is 0 Å². The third-order valence-electron chi connectivity index (χ3n) is 3.54. The van der Waals surface area contributed by atoms with Crippen molar-refractivity contribution in [3.05, 3.63) is 17.8 Å². The number of ether oxygens (including phenoxy) is 2. The summed E-state index contributed by atoms with van der Waals surface area (Å²) in [7, 11) is 1.95. The number of nitrogens with two attached hydrogens (primary N) is 1. The fourth-order valence-corrected chi connectivity index (χ4v) is 2.38. The van der Waals surface area contributed by atoms with Gasteiger partial charge in [0.05, 0.1) is 17.9 Å². The van der Waals surface area contributed by atoms with Gasteiger partial charge in [-0.1, -0.05) is 0 Å². The molecule has 1 saturated heterocycles. The molecule has 2 N–H and O–H groups in total. The van der Waals surface area contributed by atoms with Crippen LogP contribution in [0.15, 0.2) is 12.3 Å². The molecule has 0 spiro atoms. The Labute approximate surface area is 118 Å². The lowest BCUT2D eigenvalue weighted by molar-refractivity contribution is 0.0527. The Balaban J connectivity index is 2.23. The summed E-state index contributed by atoms with van der Waals surface area (Å²) >= 11 is 0. The molecule has 0 radical (unpaired) electrons. The highest BCUT2D eigenvalue weighted by Crippen LogP contribution is 2.27. The summed E-state index contributed by atoms with van der Waals surface area (Å²) in [6, 6.07) is 1.92. The molecule has 1 aliphatic heterocycles. The molecule has 0 unspecified atom stereocenters. The number of nitrogens with zero attached hydrogens (tertiary/aromatic N) is 2. The molecule has 110 valence electrons. The highest BCUT2D eigenvalue weighted by Gasteiger charge is 2.23. The van der Waals surface area contributed by atoms with Gasteiger partial charge in [-0.05, 0) is 25.8 Å². The summed E-state index contributed by atoms with van der Waals surface area (Å²) in [6.07, 6.45) is 3.45. The number of aromatic nitrogens is 1. The molecule has 0 aliphatic carbocycles. The average molecular weight is 279 g/mol. The quantitative estimate of drug-likeness (QED) is 0.841. The monoisotopic (exact) mass is 279 g/mol. The van der Waals surface area contributed by atoms with Crippen LogP contribution in [0.3, 0.4) is 0 Å². The van der Waals surface area contributed by atoms with Gasteiger partial charge in [-0.2, -0.15) is 0 Å². The van der Waals surface area contributed by atoms with Crippen LogP contribution >= 0.6 is 0 Å². The number of hydrogen-bond donors (Lipinski definition) is 1. The molecule has 1 fully saturated rings. The first-order valence-corrected chi connectivity index (χ1v) is 6.87. The maximum atomic E-state index is 11.8. The minimum Gasteiger partial charge on any atom is -0.462 e. The number of nitrogen functional groups attached to an aromatic ring is 1. The Bertz CT molecular complexity index is 473. The molecule has 0 bridgehead atoms. The Morgan fingerprint density at radius 3 is 2.90 bits per heavy atom. The second kappa shape index (κ2) is 6.56. The second-order valence-electron chi connectivity index (χ2n) is 4.77. The molecule has 6 nitrogen and oxygen atoms in total. The number of carbonyl (C=O) groups excluding carboxylic acids is 1. The van der Waals surface area contributed by atoms with Gasteiger partial charge in [-0.3, -0.25) is 0 Å². The maximum absolute atomic E-state index is 11.8. The van der Waals surface area contributed by atoms with Crippen LogP contribution in [-0.2, 0) is 9.47 Å². The molecule has 1 aromatic rings. The van der Waals surface area contributed by atoms with Crippen LogP contribution in [0.4, 0.5) is 11.5 Å². The van der Waals surface area contributed by atoms with E-state index in [0.717, 1.165) is 26.1 Å². The summed E-state index contributed by atoms with van der Waals surface area (Å²) in [4.78, 5) is 18.2. The van der Waals surface area contributed by atoms with E-state index in [-0.39, 0.29) is 0 Å². The van der Waals surface area contributed by atoms with Crippen LogP contribution < -0.4 is 10.6 Å². The van der Waals surface area contributed by atoms with Crippen LogP contribution in [-0.4, -0.2) is 43.9 Å². The predicted molar refractivity (Wildman–Crippen MR) is 76.8 cm³/mol. The van der Waals surface area contributed by atoms with Crippen LogP contribution in [0.1, 0.15) is 30.1 Å². The zero-order valence-corrected chi connectivity index (χ0v) is 12.0. The average Bonchev–Trinajstić information content (AvgIpc) is 2.48. The Morgan fingerprint density at radius 1 is 1.55 bits per heavy atom. The third-order valence-corrected chi connectivity index (χ3v) is 3.54. The van der Waals surface area contributed by atoms with Crippen LogP contribution in [0.25, 0.3) is 0 Å². The number of pyridine rings is 1. The summed E-state index contributed by atoms with van der Waals surface area (Å²) in [6.45, 7) is 3.58. The topological polar surface area (TPSA) is 77.7 Å². The van der Waals surface area contributed by atoms with Gasteiger partial charge in [0.25, 0.3) is 0 Å². The summed E-state index contributed by atoms with van der Waals surface area (Å²) in [5.74, 6) is 0.219. The molecule has 2 heterocycles. The zero-order chi connectivity index (χ0) is 14.5. The lowest BCUT2D eigenvalue weighted by Gasteiger charge is -2.32. The Kier molecular flexibility index (Phi) is 4.79. The third kappa shape index (κ3) is 3.01. The molecule has 0 saturated carbocycles. The van der Waals surface area contributed by atoms with Crippen molar-refractivity contribution in [2.45, 2.75) is 25.8 Å². The first kappa shape index (κ1) is 14.6. The second-order valence-corrected chi connectivity index (χ2v) is 4.77. The molecular weight excluding hydrogens is 258 g/mol. The van der Waals surface area contributed by atoms with Gasteiger partial charge in [0.15, 0.2) is 5.82 Å². The van der Waals surface area contributed by atoms with E-state index in [1.165, 1.54) is 0 Å². The molecule has 20 heavy (non-hydrogen) atoms. The maximum Gasteiger partial charge on any atom is 0.340 e. The van der Waals surface area contributed by atoms with E-state index in [1.54, 1.807) is 19.2 Å². The van der Waals surface area contributed by atoms with Gasteiger partial charge in [0, 0.05) is 32.5 Å². The minimum absolute atomic E-state index is 0.325. The molecule has 6 heteroatoms. The van der Waals surface area contributed by atoms with Crippen LogP contribution in [0.5, 0.6) is 0 Å². The highest BCUT2D eigenvalue weighted by molar-refractivity contribution is 5.97. The van der Waals surface area contributed by atoms with Gasteiger partial charge in [-0.15, -0.1) is 0 Å². The number of esters is 1. The van der Waals surface area contributed by atoms with Crippen LogP contribution in [0, 0.1) is 0 Å². The summed E-state index contributed by atoms with van der Waals surface area (Å²) in [5.41, 5.74) is 6.83. The lowest BCUT2D eigenvalue weighted by atomic mass is 10.1. The van der Waals surface area contributed by atoms with Crippen molar-refractivity contribution >= 4 is 17.5 Å². The molecule has 2 rings (SSSR count). The van der Waals surface area contributed by atoms with Crippen molar-refractivity contribution in [1.29, 1.82) is 0 Å². The van der Waals surface area contributed by atoms with Gasteiger partial charge in [0.1, 0.15) is 0 Å². The van der Waals surface area contributed by atoms with Crippen molar-refractivity contribution in [3.63, 3.8) is 0 Å². The van der Waals surface area contributed by atoms with Gasteiger partial charge < -0.3 is 20.1 Å². The van der Waals surface area contributed by atoms with Crippen molar-refractivity contribution in [1.82, 2.24) is 4.98 Å². The number of hydrogen-bond acceptors (Lipinski definition) is 6. The van der Waals surface area contributed by atoms with Crippen molar-refractivity contribution in [2.75, 3.05) is 37.5 Å². The van der Waals surface area contributed by atoms with Crippen molar-refractivity contribution in [3.8, 4) is 0 Å². The lowest BCUT2D eigenvalue weighted by Crippen LogP contribution is -2.37. The minimum atomic E-state index is -0.408. The molecule has 0 amide bonds. The van der Waals surface area contributed by atoms with E-state index in [9.17, 15) is 4.79 Å². The highest BCUT2D eigenvalue weighted by atomic mass is 16.5. The summed E-state index contributed by atoms with van der Waals surface area (Å²) in [5, 5.41) is 0. The molecular formula is C14H21N3O3. The van der Waals surface area contributed by atoms with Gasteiger partial charge in [-0.25, -0.2) is 9.78 Å². The van der Waals surface area contributed by atoms with E-state index in [4.69, 9.17) is 15.2 Å². The van der Waals surface area contributed by atoms with Gasteiger partial charge >= 0.3 is 5.97 Å². The van der Waals surface area contributed by atoms with Crippen molar-refractivity contribution in [2.24, 2.45) is 0 Å². The molecule has 0 atom stereocenters. The molecule has 1 aromatic heterocycles. The largest absolute Gasteiger partial charge is 0.462 e. The van der Waals surface area contributed by atoms with E-state index in [1.807, 2.05) is 11.9 Å². The number of rotatable bonds is 4. The smallest absolute Gasteiger partial charge is 0.340 e. The van der Waals surface area contributed by atoms with E-state index in [0.29, 0.717) is 29.7 Å². The van der Waals surface area contributed by atoms with E-state index >= 15 is 0 Å². The Morgan fingerprint density at radius 2 is 2.25 bits per heavy atom. The first-order valence-electron chi connectivity index (χ1n) is 6.87. The standard InChI is InChI=1S/C14H21N3O3/c1-3-20-14(18)11-4-7-16-13(12(11)15)17(2)10-5-8-19-9-6-10/h4,7,10H,3,5-6,8-9,15H2,1-2H3. The first-order chi connectivity index (χ1) is 9.65. The normalized spacial score (nSPS) is 15.9.